The van der Waals surface area contributed by atoms with Gasteiger partial charge in [0.25, 0.3) is 5.91 Å². The SMILES string of the molecule is Cc1cc(C(=O)N2CCCC(Cc3ccc4[nH]ncc4c3)CC2)no1. The molecule has 130 valence electrons. The van der Waals surface area contributed by atoms with Gasteiger partial charge < -0.3 is 9.42 Å². The van der Waals surface area contributed by atoms with Gasteiger partial charge >= 0.3 is 0 Å². The van der Waals surface area contributed by atoms with Gasteiger partial charge in [0.15, 0.2) is 5.69 Å². The molecule has 1 saturated heterocycles. The summed E-state index contributed by atoms with van der Waals surface area (Å²) in [6.07, 6.45) is 6.11. The highest BCUT2D eigenvalue weighted by Crippen LogP contribution is 2.24. The summed E-state index contributed by atoms with van der Waals surface area (Å²) in [5.74, 6) is 1.25. The Morgan fingerprint density at radius 1 is 1.32 bits per heavy atom. The molecule has 0 saturated carbocycles. The molecule has 0 spiro atoms. The van der Waals surface area contributed by atoms with Crippen molar-refractivity contribution in [2.45, 2.75) is 32.6 Å². The van der Waals surface area contributed by atoms with E-state index < -0.39 is 0 Å². The quantitative estimate of drug-likeness (QED) is 0.795. The van der Waals surface area contributed by atoms with Crippen molar-refractivity contribution in [1.29, 1.82) is 0 Å². The van der Waals surface area contributed by atoms with Gasteiger partial charge in [0.2, 0.25) is 0 Å². The van der Waals surface area contributed by atoms with E-state index in [1.165, 1.54) is 5.56 Å². The summed E-state index contributed by atoms with van der Waals surface area (Å²) in [4.78, 5) is 14.5. The molecule has 1 unspecified atom stereocenters. The van der Waals surface area contributed by atoms with Crippen LogP contribution in [-0.4, -0.2) is 39.3 Å². The predicted octanol–water partition coefficient (Wildman–Crippen LogP) is 3.34. The van der Waals surface area contributed by atoms with Crippen molar-refractivity contribution in [1.82, 2.24) is 20.3 Å². The molecule has 0 aliphatic carbocycles. The summed E-state index contributed by atoms with van der Waals surface area (Å²) in [7, 11) is 0. The van der Waals surface area contributed by atoms with Gasteiger partial charge in [-0.15, -0.1) is 0 Å². The van der Waals surface area contributed by atoms with Gasteiger partial charge in [0.1, 0.15) is 5.76 Å². The average molecular weight is 338 g/mol. The van der Waals surface area contributed by atoms with Crippen molar-refractivity contribution in [3.05, 3.63) is 47.5 Å². The van der Waals surface area contributed by atoms with E-state index >= 15 is 0 Å². The van der Waals surface area contributed by atoms with Crippen LogP contribution >= 0.6 is 0 Å². The van der Waals surface area contributed by atoms with E-state index in [1.807, 2.05) is 11.1 Å². The number of carbonyl (C=O) groups excluding carboxylic acids is 1. The first-order valence-electron chi connectivity index (χ1n) is 8.83. The normalized spacial score (nSPS) is 18.4. The number of benzene rings is 1. The molecule has 1 amide bonds. The molecule has 6 nitrogen and oxygen atoms in total. The standard InChI is InChI=1S/C19H22N4O2/c1-13-9-18(22-25-13)19(24)23-7-2-3-14(6-8-23)10-15-4-5-17-16(11-15)12-20-21-17/h4-5,9,11-12,14H,2-3,6-8,10H2,1H3,(H,20,21). The lowest BCUT2D eigenvalue weighted by Crippen LogP contribution is -2.32. The Balaban J connectivity index is 1.39. The summed E-state index contributed by atoms with van der Waals surface area (Å²) in [5.41, 5.74) is 2.83. The maximum Gasteiger partial charge on any atom is 0.276 e. The minimum Gasteiger partial charge on any atom is -0.361 e. The fourth-order valence-electron chi connectivity index (χ4n) is 3.65. The number of fused-ring (bicyclic) bond motifs is 1. The Bertz CT molecular complexity index is 882. The second-order valence-corrected chi connectivity index (χ2v) is 6.91. The molecular weight excluding hydrogens is 316 g/mol. The fourth-order valence-corrected chi connectivity index (χ4v) is 3.65. The molecule has 1 aliphatic rings. The Morgan fingerprint density at radius 2 is 2.24 bits per heavy atom. The third-order valence-electron chi connectivity index (χ3n) is 5.01. The fraction of sp³-hybridized carbons (Fsp3) is 0.421. The minimum absolute atomic E-state index is 0.0164. The molecule has 25 heavy (non-hydrogen) atoms. The number of hydrogen-bond donors (Lipinski definition) is 1. The zero-order valence-electron chi connectivity index (χ0n) is 14.4. The van der Waals surface area contributed by atoms with E-state index in [2.05, 4.69) is 33.6 Å². The number of aromatic amines is 1. The largest absolute Gasteiger partial charge is 0.361 e. The summed E-state index contributed by atoms with van der Waals surface area (Å²) < 4.78 is 5.03. The van der Waals surface area contributed by atoms with Crippen LogP contribution in [-0.2, 0) is 6.42 Å². The zero-order valence-corrected chi connectivity index (χ0v) is 14.4. The van der Waals surface area contributed by atoms with Gasteiger partial charge in [-0.3, -0.25) is 9.89 Å². The number of amides is 1. The highest BCUT2D eigenvalue weighted by Gasteiger charge is 2.23. The number of aromatic nitrogens is 3. The Kier molecular flexibility index (Phi) is 4.26. The second kappa shape index (κ2) is 6.70. The van der Waals surface area contributed by atoms with Crippen molar-refractivity contribution >= 4 is 16.8 Å². The highest BCUT2D eigenvalue weighted by molar-refractivity contribution is 5.92. The van der Waals surface area contributed by atoms with Crippen molar-refractivity contribution in [2.24, 2.45) is 5.92 Å². The number of nitrogens with zero attached hydrogens (tertiary/aromatic N) is 3. The molecule has 4 rings (SSSR count). The molecule has 1 atom stereocenters. The maximum atomic E-state index is 12.5. The van der Waals surface area contributed by atoms with Crippen molar-refractivity contribution in [2.75, 3.05) is 13.1 Å². The minimum atomic E-state index is -0.0164. The van der Waals surface area contributed by atoms with Gasteiger partial charge in [0, 0.05) is 24.5 Å². The Hall–Kier alpha value is -2.63. The number of H-pyrrole nitrogens is 1. The lowest BCUT2D eigenvalue weighted by molar-refractivity contribution is 0.0749. The van der Waals surface area contributed by atoms with Gasteiger partial charge in [-0.2, -0.15) is 5.10 Å². The molecule has 0 bridgehead atoms. The Morgan fingerprint density at radius 3 is 3.08 bits per heavy atom. The van der Waals surface area contributed by atoms with E-state index in [4.69, 9.17) is 4.52 Å². The smallest absolute Gasteiger partial charge is 0.276 e. The Labute approximate surface area is 146 Å². The molecule has 0 radical (unpaired) electrons. The van der Waals surface area contributed by atoms with E-state index in [0.29, 0.717) is 17.4 Å². The van der Waals surface area contributed by atoms with Crippen LogP contribution in [0.3, 0.4) is 0 Å². The average Bonchev–Trinajstić information content (AvgIpc) is 3.18. The second-order valence-electron chi connectivity index (χ2n) is 6.91. The first-order valence-corrected chi connectivity index (χ1v) is 8.83. The number of aryl methyl sites for hydroxylation is 1. The van der Waals surface area contributed by atoms with Crippen molar-refractivity contribution in [3.8, 4) is 0 Å². The highest BCUT2D eigenvalue weighted by atomic mass is 16.5. The maximum absolute atomic E-state index is 12.5. The zero-order chi connectivity index (χ0) is 17.2. The molecule has 2 aromatic heterocycles. The molecule has 3 heterocycles. The monoisotopic (exact) mass is 338 g/mol. The molecule has 1 aliphatic heterocycles. The van der Waals surface area contributed by atoms with Gasteiger partial charge in [0.05, 0.1) is 11.7 Å². The van der Waals surface area contributed by atoms with Crippen LogP contribution in [0, 0.1) is 12.8 Å². The summed E-state index contributed by atoms with van der Waals surface area (Å²) in [6, 6.07) is 8.19. The molecule has 3 aromatic rings. The molecule has 1 N–H and O–H groups in total. The molecule has 6 heteroatoms. The molecule has 1 fully saturated rings. The van der Waals surface area contributed by atoms with Gasteiger partial charge in [-0.25, -0.2) is 0 Å². The number of likely N-dealkylation sites (tertiary alicyclic amines) is 1. The van der Waals surface area contributed by atoms with Crippen LogP contribution in [0.25, 0.3) is 10.9 Å². The van der Waals surface area contributed by atoms with Crippen LogP contribution in [0.2, 0.25) is 0 Å². The summed E-state index contributed by atoms with van der Waals surface area (Å²) in [5, 5.41) is 12.1. The first-order chi connectivity index (χ1) is 12.2. The topological polar surface area (TPSA) is 75.0 Å². The predicted molar refractivity (Wildman–Crippen MR) is 94.3 cm³/mol. The van der Waals surface area contributed by atoms with E-state index in [0.717, 1.165) is 49.7 Å². The first kappa shape index (κ1) is 15.9. The van der Waals surface area contributed by atoms with E-state index in [9.17, 15) is 4.79 Å². The van der Waals surface area contributed by atoms with Crippen LogP contribution in [0.1, 0.15) is 41.1 Å². The van der Waals surface area contributed by atoms with Crippen molar-refractivity contribution < 1.29 is 9.32 Å². The molecule has 1 aromatic carbocycles. The summed E-state index contributed by atoms with van der Waals surface area (Å²) in [6.45, 7) is 3.38. The number of carbonyl (C=O) groups is 1. The third kappa shape index (κ3) is 3.43. The van der Waals surface area contributed by atoms with Crippen LogP contribution < -0.4 is 0 Å². The lowest BCUT2D eigenvalue weighted by Gasteiger charge is -2.19. The van der Waals surface area contributed by atoms with Crippen LogP contribution in [0.5, 0.6) is 0 Å². The van der Waals surface area contributed by atoms with Crippen molar-refractivity contribution in [3.63, 3.8) is 0 Å². The van der Waals surface area contributed by atoms with E-state index in [1.54, 1.807) is 13.0 Å². The van der Waals surface area contributed by atoms with Crippen LogP contribution in [0.4, 0.5) is 0 Å². The van der Waals surface area contributed by atoms with E-state index in [-0.39, 0.29) is 5.91 Å². The van der Waals surface area contributed by atoms with Gasteiger partial charge in [-0.05, 0) is 56.2 Å². The number of nitrogens with one attached hydrogen (secondary N) is 1. The summed E-state index contributed by atoms with van der Waals surface area (Å²) >= 11 is 0. The number of hydrogen-bond acceptors (Lipinski definition) is 4. The third-order valence-corrected chi connectivity index (χ3v) is 5.01. The van der Waals surface area contributed by atoms with Crippen LogP contribution in [0.15, 0.2) is 35.0 Å². The lowest BCUT2D eigenvalue weighted by atomic mass is 9.92. The molecular formula is C19H22N4O2. The number of rotatable bonds is 3. The van der Waals surface area contributed by atoms with Gasteiger partial charge in [-0.1, -0.05) is 11.2 Å².